The fraction of sp³-hybridized carbons (Fsp3) is 0.333. The Morgan fingerprint density at radius 2 is 1.59 bits per heavy atom. The van der Waals surface area contributed by atoms with E-state index in [9.17, 15) is 18.0 Å². The molecule has 0 heterocycles. The van der Waals surface area contributed by atoms with Gasteiger partial charge in [-0.15, -0.1) is 0 Å². The molecule has 2 amide bonds. The fourth-order valence-corrected chi connectivity index (χ4v) is 5.56. The summed E-state index contributed by atoms with van der Waals surface area (Å²) in [5.41, 5.74) is 2.07. The van der Waals surface area contributed by atoms with E-state index in [1.54, 1.807) is 49.4 Å². The second-order valence-electron chi connectivity index (χ2n) is 9.82. The van der Waals surface area contributed by atoms with Crippen LogP contribution in [0.3, 0.4) is 0 Å². The lowest BCUT2D eigenvalue weighted by Crippen LogP contribution is -2.51. The molecule has 0 spiro atoms. The van der Waals surface area contributed by atoms with Crippen LogP contribution in [0.1, 0.15) is 31.9 Å². The number of carbonyl (C=O) groups excluding carboxylic acids is 2. The van der Waals surface area contributed by atoms with E-state index in [0.29, 0.717) is 12.3 Å². The van der Waals surface area contributed by atoms with E-state index in [-0.39, 0.29) is 29.0 Å². The van der Waals surface area contributed by atoms with Crippen LogP contribution in [-0.2, 0) is 26.2 Å². The summed E-state index contributed by atoms with van der Waals surface area (Å²) in [7, 11) is -2.71. The molecule has 0 aromatic heterocycles. The van der Waals surface area contributed by atoms with Gasteiger partial charge in [-0.2, -0.15) is 0 Å². The lowest BCUT2D eigenvalue weighted by atomic mass is 10.1. The van der Waals surface area contributed by atoms with Crippen LogP contribution in [0, 0.1) is 12.8 Å². The van der Waals surface area contributed by atoms with E-state index >= 15 is 0 Å². The highest BCUT2D eigenvalue weighted by Gasteiger charge is 2.33. The van der Waals surface area contributed by atoms with E-state index < -0.39 is 28.5 Å². The lowest BCUT2D eigenvalue weighted by molar-refractivity contribution is -0.139. The number of amides is 2. The van der Waals surface area contributed by atoms with Crippen molar-refractivity contribution in [1.82, 2.24) is 10.2 Å². The standard InChI is InChI=1S/C30H37N3O5S/c1-22(2)19-31-30(35)24(4)32(20-25-13-11-12-23(3)18-25)29(34)21-33(27-16-9-10-17-28(27)38-5)39(36,37)26-14-7-6-8-15-26/h6-18,22,24H,19-21H2,1-5H3,(H,31,35)/t24-/m0/s1. The zero-order chi connectivity index (χ0) is 28.6. The van der Waals surface area contributed by atoms with Gasteiger partial charge in [-0.1, -0.05) is 74.0 Å². The van der Waals surface area contributed by atoms with Crippen LogP contribution in [-0.4, -0.2) is 51.4 Å². The van der Waals surface area contributed by atoms with Crippen molar-refractivity contribution >= 4 is 27.5 Å². The normalized spacial score (nSPS) is 12.1. The molecule has 3 aromatic carbocycles. The molecule has 8 nitrogen and oxygen atoms in total. The molecule has 0 aliphatic rings. The van der Waals surface area contributed by atoms with Crippen LogP contribution < -0.4 is 14.4 Å². The van der Waals surface area contributed by atoms with Gasteiger partial charge in [0, 0.05) is 13.1 Å². The molecule has 0 aliphatic carbocycles. The summed E-state index contributed by atoms with van der Waals surface area (Å²) in [5.74, 6) is -0.287. The highest BCUT2D eigenvalue weighted by Crippen LogP contribution is 2.32. The Hall–Kier alpha value is -3.85. The first-order valence-electron chi connectivity index (χ1n) is 12.9. The van der Waals surface area contributed by atoms with Gasteiger partial charge in [0.25, 0.3) is 10.0 Å². The molecule has 0 fully saturated rings. The highest BCUT2D eigenvalue weighted by molar-refractivity contribution is 7.92. The van der Waals surface area contributed by atoms with Crippen LogP contribution >= 0.6 is 0 Å². The zero-order valence-electron chi connectivity index (χ0n) is 23.1. The third kappa shape index (κ3) is 7.60. The number of methoxy groups -OCH3 is 1. The first-order chi connectivity index (χ1) is 18.5. The molecule has 0 bridgehead atoms. The monoisotopic (exact) mass is 551 g/mol. The van der Waals surface area contributed by atoms with Gasteiger partial charge in [-0.3, -0.25) is 13.9 Å². The van der Waals surface area contributed by atoms with E-state index in [1.165, 1.54) is 24.1 Å². The third-order valence-electron chi connectivity index (χ3n) is 6.25. The number of carbonyl (C=O) groups is 2. The first kappa shape index (κ1) is 29.7. The van der Waals surface area contributed by atoms with E-state index in [1.807, 2.05) is 45.0 Å². The van der Waals surface area contributed by atoms with E-state index in [4.69, 9.17) is 4.74 Å². The average molecular weight is 552 g/mol. The van der Waals surface area contributed by atoms with Crippen molar-refractivity contribution in [3.63, 3.8) is 0 Å². The average Bonchev–Trinajstić information content (AvgIpc) is 2.93. The minimum atomic E-state index is -4.16. The number of rotatable bonds is 12. The molecular formula is C30H37N3O5S. The smallest absolute Gasteiger partial charge is 0.264 e. The minimum Gasteiger partial charge on any atom is -0.495 e. The summed E-state index contributed by atoms with van der Waals surface area (Å²) in [6, 6.07) is 21.4. The second kappa shape index (κ2) is 13.3. The number of para-hydroxylation sites is 2. The van der Waals surface area contributed by atoms with Crippen LogP contribution in [0.5, 0.6) is 5.75 Å². The van der Waals surface area contributed by atoms with Crippen LogP contribution in [0.25, 0.3) is 0 Å². The molecule has 0 saturated heterocycles. The summed E-state index contributed by atoms with van der Waals surface area (Å²) >= 11 is 0. The van der Waals surface area contributed by atoms with Gasteiger partial charge in [-0.05, 0) is 49.6 Å². The Bertz CT molecular complexity index is 1380. The Morgan fingerprint density at radius 3 is 2.23 bits per heavy atom. The van der Waals surface area contributed by atoms with Gasteiger partial charge in [0.1, 0.15) is 18.3 Å². The maximum Gasteiger partial charge on any atom is 0.264 e. The fourth-order valence-electron chi connectivity index (χ4n) is 4.11. The number of benzene rings is 3. The molecule has 1 atom stereocenters. The van der Waals surface area contributed by atoms with Crippen molar-refractivity contribution < 1.29 is 22.7 Å². The maximum absolute atomic E-state index is 14.0. The summed E-state index contributed by atoms with van der Waals surface area (Å²) in [6.07, 6.45) is 0. The minimum absolute atomic E-state index is 0.0386. The molecule has 0 aliphatic heterocycles. The van der Waals surface area contributed by atoms with Crippen molar-refractivity contribution in [1.29, 1.82) is 0 Å². The Kier molecular flexibility index (Phi) is 10.1. The number of aryl methyl sites for hydroxylation is 1. The molecule has 0 saturated carbocycles. The van der Waals surface area contributed by atoms with Gasteiger partial charge in [0.15, 0.2) is 0 Å². The van der Waals surface area contributed by atoms with Crippen LogP contribution in [0.4, 0.5) is 5.69 Å². The molecular weight excluding hydrogens is 514 g/mol. The van der Waals surface area contributed by atoms with Gasteiger partial charge < -0.3 is 15.0 Å². The zero-order valence-corrected chi connectivity index (χ0v) is 23.9. The number of hydrogen-bond donors (Lipinski definition) is 1. The predicted octanol–water partition coefficient (Wildman–Crippen LogP) is 4.39. The summed E-state index contributed by atoms with van der Waals surface area (Å²) in [6.45, 7) is 7.66. The summed E-state index contributed by atoms with van der Waals surface area (Å²) in [4.78, 5) is 28.5. The van der Waals surface area contributed by atoms with Crippen LogP contribution in [0.2, 0.25) is 0 Å². The van der Waals surface area contributed by atoms with Gasteiger partial charge >= 0.3 is 0 Å². The lowest BCUT2D eigenvalue weighted by Gasteiger charge is -2.32. The molecule has 9 heteroatoms. The van der Waals surface area contributed by atoms with Crippen molar-refractivity contribution in [2.75, 3.05) is 24.5 Å². The molecule has 0 unspecified atom stereocenters. The number of anilines is 1. The SMILES string of the molecule is COc1ccccc1N(CC(=O)N(Cc1cccc(C)c1)[C@@H](C)C(=O)NCC(C)C)S(=O)(=O)c1ccccc1. The number of nitrogens with zero attached hydrogens (tertiary/aromatic N) is 2. The van der Waals surface area contributed by atoms with E-state index in [0.717, 1.165) is 15.4 Å². The van der Waals surface area contributed by atoms with Gasteiger partial charge in [-0.25, -0.2) is 8.42 Å². The Morgan fingerprint density at radius 1 is 0.923 bits per heavy atom. The number of hydrogen-bond acceptors (Lipinski definition) is 5. The number of ether oxygens (including phenoxy) is 1. The topological polar surface area (TPSA) is 96.0 Å². The summed E-state index contributed by atoms with van der Waals surface area (Å²) < 4.78 is 34.2. The quantitative estimate of drug-likeness (QED) is 0.360. The first-order valence-corrected chi connectivity index (χ1v) is 14.3. The maximum atomic E-state index is 14.0. The molecule has 1 N–H and O–H groups in total. The molecule has 39 heavy (non-hydrogen) atoms. The molecule has 3 rings (SSSR count). The van der Waals surface area contributed by atoms with Gasteiger partial charge in [0.2, 0.25) is 11.8 Å². The number of sulfonamides is 1. The molecule has 208 valence electrons. The second-order valence-corrected chi connectivity index (χ2v) is 11.7. The van der Waals surface area contributed by atoms with Gasteiger partial charge in [0.05, 0.1) is 17.7 Å². The Labute approximate surface area is 231 Å². The largest absolute Gasteiger partial charge is 0.495 e. The van der Waals surface area contributed by atoms with Crippen LogP contribution in [0.15, 0.2) is 83.8 Å². The predicted molar refractivity (Wildman–Crippen MR) is 153 cm³/mol. The number of nitrogens with one attached hydrogen (secondary N) is 1. The van der Waals surface area contributed by atoms with Crippen molar-refractivity contribution in [3.05, 3.63) is 90.0 Å². The van der Waals surface area contributed by atoms with Crippen molar-refractivity contribution in [2.45, 2.75) is 45.2 Å². The van der Waals surface area contributed by atoms with Crippen molar-refractivity contribution in [2.24, 2.45) is 5.92 Å². The molecule has 0 radical (unpaired) electrons. The third-order valence-corrected chi connectivity index (χ3v) is 8.03. The summed E-state index contributed by atoms with van der Waals surface area (Å²) in [5, 5.41) is 2.89. The molecule has 3 aromatic rings. The highest BCUT2D eigenvalue weighted by atomic mass is 32.2. The van der Waals surface area contributed by atoms with Crippen molar-refractivity contribution in [3.8, 4) is 5.75 Å². The van der Waals surface area contributed by atoms with E-state index in [2.05, 4.69) is 5.32 Å². The Balaban J connectivity index is 2.04.